The highest BCUT2D eigenvalue weighted by Crippen LogP contribution is 2.54. The Balaban J connectivity index is 1.28. The van der Waals surface area contributed by atoms with E-state index in [1.54, 1.807) is 49.4 Å². The van der Waals surface area contributed by atoms with Gasteiger partial charge in [0.05, 0.1) is 35.9 Å². The van der Waals surface area contributed by atoms with E-state index >= 15 is 0 Å². The largest absolute Gasteiger partial charge is 0.497 e. The third kappa shape index (κ3) is 6.32. The Morgan fingerprint density at radius 1 is 0.979 bits per heavy atom. The van der Waals surface area contributed by atoms with E-state index in [0.29, 0.717) is 26.9 Å². The van der Waals surface area contributed by atoms with Crippen molar-refractivity contribution in [1.29, 1.82) is 0 Å². The molecule has 2 N–H and O–H groups in total. The minimum atomic E-state index is -4.57. The first-order chi connectivity index (χ1) is 22.5. The predicted octanol–water partition coefficient (Wildman–Crippen LogP) is 5.68. The summed E-state index contributed by atoms with van der Waals surface area (Å²) in [5.74, 6) is -2.07. The van der Waals surface area contributed by atoms with Gasteiger partial charge in [0.2, 0.25) is 11.8 Å². The number of benzene rings is 3. The third-order valence-electron chi connectivity index (χ3n) is 7.61. The number of thiazole rings is 1. The molecule has 0 spiro atoms. The van der Waals surface area contributed by atoms with Gasteiger partial charge in [0.15, 0.2) is 18.1 Å². The van der Waals surface area contributed by atoms with Crippen LogP contribution < -0.4 is 29.3 Å². The molecule has 3 amide bonds. The summed E-state index contributed by atoms with van der Waals surface area (Å²) in [5, 5.41) is 2.09. The molecule has 47 heavy (non-hydrogen) atoms. The van der Waals surface area contributed by atoms with Crippen LogP contribution in [-0.2, 0) is 20.6 Å². The number of carbonyl (C=O) groups is 3. The van der Waals surface area contributed by atoms with Crippen LogP contribution in [0.3, 0.4) is 0 Å². The van der Waals surface area contributed by atoms with Crippen molar-refractivity contribution in [2.75, 3.05) is 30.5 Å². The van der Waals surface area contributed by atoms with E-state index in [0.717, 1.165) is 40.1 Å². The lowest BCUT2D eigenvalue weighted by Crippen LogP contribution is -2.32. The second-order valence-electron chi connectivity index (χ2n) is 10.5. The summed E-state index contributed by atoms with van der Waals surface area (Å²) in [6.45, 7) is 1.42. The molecule has 2 aliphatic rings. The first kappa shape index (κ1) is 32.2. The molecule has 2 aliphatic heterocycles. The number of rotatable bonds is 9. The molecule has 3 aromatic carbocycles. The lowest BCUT2D eigenvalue weighted by molar-refractivity contribution is -0.137. The average molecular weight is 686 g/mol. The van der Waals surface area contributed by atoms with Crippen molar-refractivity contribution in [2.24, 2.45) is 5.92 Å². The van der Waals surface area contributed by atoms with Gasteiger partial charge in [-0.3, -0.25) is 19.2 Å². The predicted molar refractivity (Wildman–Crippen MR) is 169 cm³/mol. The fourth-order valence-corrected chi connectivity index (χ4v) is 8.10. The molecule has 1 saturated heterocycles. The summed E-state index contributed by atoms with van der Waals surface area (Å²) < 4.78 is 55.9. The molecular formula is C32H26F3N3O7S2. The Morgan fingerprint density at radius 3 is 2.45 bits per heavy atom. The Morgan fingerprint density at radius 2 is 1.74 bits per heavy atom. The molecule has 0 aliphatic carbocycles. The Labute approximate surface area is 273 Å². The van der Waals surface area contributed by atoms with Crippen molar-refractivity contribution in [3.63, 3.8) is 0 Å². The highest BCUT2D eigenvalue weighted by atomic mass is 32.2. The number of fused-ring (bicyclic) bond motifs is 2. The van der Waals surface area contributed by atoms with Gasteiger partial charge in [-0.15, -0.1) is 0 Å². The minimum Gasteiger partial charge on any atom is -0.497 e. The maximum absolute atomic E-state index is 14.0. The number of halogens is 3. The van der Waals surface area contributed by atoms with Crippen molar-refractivity contribution in [2.45, 2.75) is 29.3 Å². The van der Waals surface area contributed by atoms with Gasteiger partial charge in [-0.2, -0.15) is 13.2 Å². The quantitative estimate of drug-likeness (QED) is 0.216. The number of alkyl halides is 3. The van der Waals surface area contributed by atoms with Crippen LogP contribution in [0, 0.1) is 5.92 Å². The van der Waals surface area contributed by atoms with E-state index in [4.69, 9.17) is 14.2 Å². The molecule has 10 nitrogen and oxygen atoms in total. The number of hydrogen-bond acceptors (Lipinski definition) is 9. The number of hydrogen-bond donors (Lipinski definition) is 2. The Hall–Kier alpha value is -4.76. The van der Waals surface area contributed by atoms with Crippen LogP contribution in [0.25, 0.3) is 0 Å². The van der Waals surface area contributed by atoms with Gasteiger partial charge in [-0.05, 0) is 67.1 Å². The van der Waals surface area contributed by atoms with Crippen LogP contribution >= 0.6 is 23.1 Å². The molecule has 1 fully saturated rings. The number of amides is 3. The number of thioether (sulfide) groups is 1. The molecule has 3 heterocycles. The SMILES string of the molecule is CCOc1cc(C2c3sc(=O)[nH]c3SC3C(=O)N(c4ccc(OC)cc4)C(=O)C32)ccc1OCC(=O)Nc1cccc(C(F)(F)F)c1. The second-order valence-corrected chi connectivity index (χ2v) is 12.7. The summed E-state index contributed by atoms with van der Waals surface area (Å²) in [4.78, 5) is 57.0. The van der Waals surface area contributed by atoms with E-state index in [9.17, 15) is 32.3 Å². The van der Waals surface area contributed by atoms with Crippen LogP contribution in [0.5, 0.6) is 17.2 Å². The number of anilines is 2. The molecule has 0 radical (unpaired) electrons. The highest BCUT2D eigenvalue weighted by molar-refractivity contribution is 8.00. The zero-order valence-corrected chi connectivity index (χ0v) is 26.4. The fraction of sp³-hybridized carbons (Fsp3) is 0.250. The Bertz CT molecular complexity index is 1910. The van der Waals surface area contributed by atoms with Crippen LogP contribution in [0.1, 0.15) is 28.8 Å². The first-order valence-electron chi connectivity index (χ1n) is 14.3. The minimum absolute atomic E-state index is 0.0423. The average Bonchev–Trinajstić information content (AvgIpc) is 3.54. The summed E-state index contributed by atoms with van der Waals surface area (Å²) >= 11 is 2.11. The zero-order valence-electron chi connectivity index (χ0n) is 24.8. The maximum Gasteiger partial charge on any atom is 0.416 e. The van der Waals surface area contributed by atoms with Gasteiger partial charge in [-0.25, -0.2) is 4.90 Å². The van der Waals surface area contributed by atoms with Crippen molar-refractivity contribution >= 4 is 52.2 Å². The van der Waals surface area contributed by atoms with Gasteiger partial charge in [-0.1, -0.05) is 35.2 Å². The van der Waals surface area contributed by atoms with E-state index < -0.39 is 53.2 Å². The van der Waals surface area contributed by atoms with Gasteiger partial charge < -0.3 is 24.5 Å². The van der Waals surface area contributed by atoms with Gasteiger partial charge >= 0.3 is 11.0 Å². The molecule has 244 valence electrons. The van der Waals surface area contributed by atoms with Crippen LogP contribution in [0.4, 0.5) is 24.5 Å². The number of carbonyl (C=O) groups excluding carboxylic acids is 3. The molecule has 6 rings (SSSR count). The number of methoxy groups -OCH3 is 1. The maximum atomic E-state index is 14.0. The Kier molecular flexibility index (Phi) is 8.76. The van der Waals surface area contributed by atoms with Gasteiger partial charge in [0.1, 0.15) is 11.0 Å². The standard InChI is InChI=1S/C32H26F3N3O7S2/c1-3-44-22-13-16(7-12-21(22)45-15-23(39)36-18-6-4-5-17(14-18)32(33,34)35)24-25-27(46-28-26(24)47-31(42)37-28)30(41)38(29(25)40)19-8-10-20(43-2)11-9-19/h4-14,24-25,27H,3,15H2,1-2H3,(H,36,39)(H,37,42). The normalized spacial score (nSPS) is 18.8. The van der Waals surface area contributed by atoms with Crippen molar-refractivity contribution in [3.05, 3.63) is 92.4 Å². The monoisotopic (exact) mass is 685 g/mol. The van der Waals surface area contributed by atoms with Crippen LogP contribution in [-0.4, -0.2) is 48.3 Å². The van der Waals surface area contributed by atoms with Gasteiger partial charge in [0.25, 0.3) is 5.91 Å². The first-order valence-corrected chi connectivity index (χ1v) is 16.0. The smallest absolute Gasteiger partial charge is 0.416 e. The molecule has 4 aromatic rings. The summed E-state index contributed by atoms with van der Waals surface area (Å²) in [5.41, 5.74) is 0.0329. The molecule has 3 unspecified atom stereocenters. The van der Waals surface area contributed by atoms with Crippen LogP contribution in [0.2, 0.25) is 0 Å². The number of nitrogens with zero attached hydrogens (tertiary/aromatic N) is 1. The topological polar surface area (TPSA) is 127 Å². The van der Waals surface area contributed by atoms with Gasteiger partial charge in [0, 0.05) is 16.5 Å². The summed E-state index contributed by atoms with van der Waals surface area (Å²) in [6.07, 6.45) is -4.57. The molecular weight excluding hydrogens is 659 g/mol. The van der Waals surface area contributed by atoms with E-state index in [1.807, 2.05) is 0 Å². The number of nitrogens with one attached hydrogen (secondary N) is 2. The number of imide groups is 1. The second kappa shape index (κ2) is 12.8. The molecule has 0 bridgehead atoms. The number of aromatic nitrogens is 1. The summed E-state index contributed by atoms with van der Waals surface area (Å²) in [7, 11) is 1.51. The van der Waals surface area contributed by atoms with E-state index in [-0.39, 0.29) is 28.7 Å². The molecule has 0 saturated carbocycles. The summed E-state index contributed by atoms with van der Waals surface area (Å²) in [6, 6.07) is 15.7. The van der Waals surface area contributed by atoms with Crippen LogP contribution in [0.15, 0.2) is 76.6 Å². The lowest BCUT2D eigenvalue weighted by Gasteiger charge is -2.30. The number of aromatic amines is 1. The van der Waals surface area contributed by atoms with Crippen molar-refractivity contribution < 1.29 is 41.8 Å². The molecule has 3 atom stereocenters. The van der Waals surface area contributed by atoms with E-state index in [2.05, 4.69) is 10.3 Å². The zero-order chi connectivity index (χ0) is 33.5. The number of ether oxygens (including phenoxy) is 3. The lowest BCUT2D eigenvalue weighted by atomic mass is 9.83. The fourth-order valence-electron chi connectivity index (χ4n) is 5.58. The molecule has 15 heteroatoms. The number of H-pyrrole nitrogens is 1. The third-order valence-corrected chi connectivity index (χ3v) is 10.0. The molecule has 1 aromatic heterocycles. The van der Waals surface area contributed by atoms with Crippen molar-refractivity contribution in [1.82, 2.24) is 4.98 Å². The highest BCUT2D eigenvalue weighted by Gasteiger charge is 2.56. The van der Waals surface area contributed by atoms with E-state index in [1.165, 1.54) is 19.2 Å². The van der Waals surface area contributed by atoms with Crippen molar-refractivity contribution in [3.8, 4) is 17.2 Å².